The molecule has 0 saturated heterocycles. The van der Waals surface area contributed by atoms with E-state index >= 15 is 0 Å². The minimum Gasteiger partial charge on any atom is -0.491 e. The van der Waals surface area contributed by atoms with Crippen molar-refractivity contribution < 1.29 is 4.74 Å². The maximum atomic E-state index is 5.85. The van der Waals surface area contributed by atoms with E-state index in [1.54, 1.807) is 0 Å². The van der Waals surface area contributed by atoms with Crippen LogP contribution in [-0.2, 0) is 5.41 Å². The maximum absolute atomic E-state index is 5.85. The van der Waals surface area contributed by atoms with Gasteiger partial charge in [0, 0.05) is 5.56 Å². The Labute approximate surface area is 93.5 Å². The molecule has 0 N–H and O–H groups in total. The van der Waals surface area contributed by atoms with Gasteiger partial charge in [0.25, 0.3) is 0 Å². The molecule has 84 valence electrons. The lowest BCUT2D eigenvalue weighted by Crippen LogP contribution is -2.17. The lowest BCUT2D eigenvalue weighted by Gasteiger charge is -2.26. The van der Waals surface area contributed by atoms with Gasteiger partial charge in [0.15, 0.2) is 0 Å². The van der Waals surface area contributed by atoms with Crippen LogP contribution in [0.4, 0.5) is 0 Å². The SMILES string of the molecule is Cc1cccc(OC(C)C)c1C(C)(C)C. The second-order valence-electron chi connectivity index (χ2n) is 5.36. The summed E-state index contributed by atoms with van der Waals surface area (Å²) >= 11 is 0. The maximum Gasteiger partial charge on any atom is 0.123 e. The van der Waals surface area contributed by atoms with Crippen molar-refractivity contribution in [1.82, 2.24) is 0 Å². The van der Waals surface area contributed by atoms with E-state index in [9.17, 15) is 0 Å². The Morgan fingerprint density at radius 1 is 1.13 bits per heavy atom. The van der Waals surface area contributed by atoms with Gasteiger partial charge >= 0.3 is 0 Å². The van der Waals surface area contributed by atoms with E-state index in [-0.39, 0.29) is 11.5 Å². The molecular formula is C14H22O. The largest absolute Gasteiger partial charge is 0.491 e. The molecule has 0 amide bonds. The predicted octanol–water partition coefficient (Wildman–Crippen LogP) is 4.08. The molecule has 15 heavy (non-hydrogen) atoms. The zero-order valence-corrected chi connectivity index (χ0v) is 10.7. The number of rotatable bonds is 2. The van der Waals surface area contributed by atoms with Crippen molar-refractivity contribution in [2.24, 2.45) is 0 Å². The second kappa shape index (κ2) is 4.26. The Hall–Kier alpha value is -0.980. The predicted molar refractivity (Wildman–Crippen MR) is 65.6 cm³/mol. The molecule has 0 unspecified atom stereocenters. The molecule has 0 bridgehead atoms. The van der Waals surface area contributed by atoms with Crippen LogP contribution in [0.2, 0.25) is 0 Å². The molecule has 0 aliphatic carbocycles. The monoisotopic (exact) mass is 206 g/mol. The quantitative estimate of drug-likeness (QED) is 0.708. The van der Waals surface area contributed by atoms with Crippen molar-refractivity contribution >= 4 is 0 Å². The van der Waals surface area contributed by atoms with Crippen molar-refractivity contribution in [3.05, 3.63) is 29.3 Å². The van der Waals surface area contributed by atoms with Crippen LogP contribution in [0.25, 0.3) is 0 Å². The first-order valence-corrected chi connectivity index (χ1v) is 5.59. The van der Waals surface area contributed by atoms with Crippen LogP contribution in [0.3, 0.4) is 0 Å². The third kappa shape index (κ3) is 2.98. The summed E-state index contributed by atoms with van der Waals surface area (Å²) in [5.74, 6) is 1.03. The molecule has 1 aromatic rings. The molecule has 1 aromatic carbocycles. The molecule has 0 spiro atoms. The molecule has 0 fully saturated rings. The summed E-state index contributed by atoms with van der Waals surface area (Å²) in [7, 11) is 0. The third-order valence-electron chi connectivity index (χ3n) is 2.35. The van der Waals surface area contributed by atoms with Crippen LogP contribution < -0.4 is 4.74 Å². The van der Waals surface area contributed by atoms with Crippen molar-refractivity contribution in [1.29, 1.82) is 0 Å². The van der Waals surface area contributed by atoms with Gasteiger partial charge in [-0.15, -0.1) is 0 Å². The lowest BCUT2D eigenvalue weighted by atomic mass is 9.83. The molecular weight excluding hydrogens is 184 g/mol. The van der Waals surface area contributed by atoms with Gasteiger partial charge in [-0.1, -0.05) is 32.9 Å². The zero-order valence-electron chi connectivity index (χ0n) is 10.7. The minimum absolute atomic E-state index is 0.134. The molecule has 0 atom stereocenters. The summed E-state index contributed by atoms with van der Waals surface area (Å²) < 4.78 is 5.85. The van der Waals surface area contributed by atoms with Gasteiger partial charge in [-0.25, -0.2) is 0 Å². The van der Waals surface area contributed by atoms with E-state index in [4.69, 9.17) is 4.74 Å². The number of aryl methyl sites for hydroxylation is 1. The van der Waals surface area contributed by atoms with Gasteiger partial charge in [-0.2, -0.15) is 0 Å². The number of benzene rings is 1. The first-order chi connectivity index (χ1) is 6.82. The standard InChI is InChI=1S/C14H22O/c1-10(2)15-12-9-7-8-11(3)13(12)14(4,5)6/h7-10H,1-6H3. The molecule has 0 radical (unpaired) electrons. The van der Waals surface area contributed by atoms with E-state index in [1.807, 2.05) is 0 Å². The average Bonchev–Trinajstić information content (AvgIpc) is 1.99. The first-order valence-electron chi connectivity index (χ1n) is 5.59. The molecule has 1 nitrogen and oxygen atoms in total. The van der Waals surface area contributed by atoms with Crippen LogP contribution in [0, 0.1) is 6.92 Å². The van der Waals surface area contributed by atoms with Gasteiger partial charge in [-0.05, 0) is 37.8 Å². The fraction of sp³-hybridized carbons (Fsp3) is 0.571. The summed E-state index contributed by atoms with van der Waals surface area (Å²) in [6.45, 7) is 12.9. The van der Waals surface area contributed by atoms with Crippen molar-refractivity contribution in [2.45, 2.75) is 53.1 Å². The highest BCUT2D eigenvalue weighted by Crippen LogP contribution is 2.34. The molecule has 0 saturated carbocycles. The summed E-state index contributed by atoms with van der Waals surface area (Å²) in [4.78, 5) is 0. The molecule has 0 heterocycles. The number of hydrogen-bond donors (Lipinski definition) is 0. The van der Waals surface area contributed by atoms with Crippen LogP contribution in [0.1, 0.15) is 45.7 Å². The third-order valence-corrected chi connectivity index (χ3v) is 2.35. The van der Waals surface area contributed by atoms with E-state index in [1.165, 1.54) is 11.1 Å². The zero-order chi connectivity index (χ0) is 11.6. The molecule has 0 aliphatic heterocycles. The van der Waals surface area contributed by atoms with Crippen molar-refractivity contribution in [3.63, 3.8) is 0 Å². The summed E-state index contributed by atoms with van der Waals surface area (Å²) in [5.41, 5.74) is 2.76. The average molecular weight is 206 g/mol. The van der Waals surface area contributed by atoms with Crippen LogP contribution in [-0.4, -0.2) is 6.10 Å². The minimum atomic E-state index is 0.134. The molecule has 1 heteroatoms. The smallest absolute Gasteiger partial charge is 0.123 e. The number of ether oxygens (including phenoxy) is 1. The van der Waals surface area contributed by atoms with Gasteiger partial charge in [0.2, 0.25) is 0 Å². The fourth-order valence-electron chi connectivity index (χ4n) is 1.95. The molecule has 0 aliphatic rings. The molecule has 0 aromatic heterocycles. The Bertz CT molecular complexity index is 332. The van der Waals surface area contributed by atoms with E-state index in [0.29, 0.717) is 0 Å². The van der Waals surface area contributed by atoms with Gasteiger partial charge in [-0.3, -0.25) is 0 Å². The highest BCUT2D eigenvalue weighted by atomic mass is 16.5. The summed E-state index contributed by atoms with van der Waals surface area (Å²) in [6.07, 6.45) is 0.230. The Morgan fingerprint density at radius 2 is 1.73 bits per heavy atom. The second-order valence-corrected chi connectivity index (χ2v) is 5.36. The normalized spacial score (nSPS) is 11.9. The van der Waals surface area contributed by atoms with Crippen LogP contribution >= 0.6 is 0 Å². The van der Waals surface area contributed by atoms with Gasteiger partial charge < -0.3 is 4.74 Å². The van der Waals surface area contributed by atoms with Gasteiger partial charge in [0.1, 0.15) is 5.75 Å². The summed E-state index contributed by atoms with van der Waals surface area (Å²) in [6, 6.07) is 6.27. The van der Waals surface area contributed by atoms with E-state index in [0.717, 1.165) is 5.75 Å². The highest BCUT2D eigenvalue weighted by molar-refractivity contribution is 5.44. The van der Waals surface area contributed by atoms with Crippen molar-refractivity contribution in [2.75, 3.05) is 0 Å². The molecule has 1 rings (SSSR count). The topological polar surface area (TPSA) is 9.23 Å². The Kier molecular flexibility index (Phi) is 3.43. The Balaban J connectivity index is 3.21. The van der Waals surface area contributed by atoms with Crippen LogP contribution in [0.5, 0.6) is 5.75 Å². The first kappa shape index (κ1) is 12.1. The number of hydrogen-bond acceptors (Lipinski definition) is 1. The van der Waals surface area contributed by atoms with Crippen molar-refractivity contribution in [3.8, 4) is 5.75 Å². The summed E-state index contributed by atoms with van der Waals surface area (Å²) in [5, 5.41) is 0. The Morgan fingerprint density at radius 3 is 2.20 bits per heavy atom. The lowest BCUT2D eigenvalue weighted by molar-refractivity contribution is 0.236. The highest BCUT2D eigenvalue weighted by Gasteiger charge is 2.21. The van der Waals surface area contributed by atoms with E-state index < -0.39 is 0 Å². The van der Waals surface area contributed by atoms with E-state index in [2.05, 4.69) is 59.7 Å². The van der Waals surface area contributed by atoms with Crippen LogP contribution in [0.15, 0.2) is 18.2 Å². The van der Waals surface area contributed by atoms with Gasteiger partial charge in [0.05, 0.1) is 6.10 Å². The fourth-order valence-corrected chi connectivity index (χ4v) is 1.95.